The van der Waals surface area contributed by atoms with E-state index in [1.807, 2.05) is 27.7 Å². The number of alkyl halides is 3. The quantitative estimate of drug-likeness (QED) is 0.741. The molecule has 1 atom stereocenters. The third-order valence-electron chi connectivity index (χ3n) is 3.22. The molecule has 0 fully saturated rings. The first-order valence-corrected chi connectivity index (χ1v) is 8.19. The molecule has 0 saturated heterocycles. The van der Waals surface area contributed by atoms with Crippen molar-refractivity contribution < 1.29 is 27.3 Å². The molecule has 1 aromatic heterocycles. The topological polar surface area (TPSA) is 89.3 Å². The first-order chi connectivity index (χ1) is 12.5. The van der Waals surface area contributed by atoms with E-state index in [4.69, 9.17) is 4.84 Å². The van der Waals surface area contributed by atoms with Gasteiger partial charge < -0.3 is 9.84 Å². The maximum absolute atomic E-state index is 12.5. The molecule has 1 unspecified atom stereocenters. The highest BCUT2D eigenvalue weighted by Gasteiger charge is 2.38. The van der Waals surface area contributed by atoms with Gasteiger partial charge in [0.2, 0.25) is 5.82 Å². The van der Waals surface area contributed by atoms with Gasteiger partial charge in [-0.25, -0.2) is 0 Å². The van der Waals surface area contributed by atoms with E-state index in [2.05, 4.69) is 25.5 Å². The molecule has 7 nitrogen and oxygen atoms in total. The van der Waals surface area contributed by atoms with Crippen LogP contribution in [0.5, 0.6) is 0 Å². The normalized spacial score (nSPS) is 13.4. The average molecular weight is 386 g/mol. The van der Waals surface area contributed by atoms with E-state index in [0.717, 1.165) is 0 Å². The second-order valence-corrected chi connectivity index (χ2v) is 6.94. The third kappa shape index (κ3) is 6.33. The van der Waals surface area contributed by atoms with Crippen molar-refractivity contribution in [2.24, 2.45) is 0 Å². The highest BCUT2D eigenvalue weighted by atomic mass is 19.4. The molecule has 0 aliphatic heterocycles. The Labute approximate surface area is 154 Å². The molecule has 1 aromatic carbocycles. The van der Waals surface area contributed by atoms with Gasteiger partial charge in [-0.1, -0.05) is 17.3 Å². The number of aromatic nitrogens is 2. The van der Waals surface area contributed by atoms with Crippen LogP contribution >= 0.6 is 0 Å². The lowest BCUT2D eigenvalue weighted by Crippen LogP contribution is -2.42. The fourth-order valence-corrected chi connectivity index (χ4v) is 1.97. The number of halogens is 3. The fraction of sp³-hybridized carbons (Fsp3) is 0.471. The summed E-state index contributed by atoms with van der Waals surface area (Å²) in [4.78, 5) is 20.9. The first-order valence-electron chi connectivity index (χ1n) is 8.19. The highest BCUT2D eigenvalue weighted by Crippen LogP contribution is 2.29. The van der Waals surface area contributed by atoms with Gasteiger partial charge in [0.25, 0.3) is 5.91 Å². The number of nitrogens with one attached hydrogen (secondary N) is 2. The molecule has 0 spiro atoms. The van der Waals surface area contributed by atoms with E-state index < -0.39 is 12.1 Å². The number of benzene rings is 1. The van der Waals surface area contributed by atoms with Crippen molar-refractivity contribution in [3.8, 4) is 11.4 Å². The predicted molar refractivity (Wildman–Crippen MR) is 90.5 cm³/mol. The lowest BCUT2D eigenvalue weighted by atomic mass is 10.1. The van der Waals surface area contributed by atoms with Crippen molar-refractivity contribution >= 4 is 5.91 Å². The molecule has 0 saturated carbocycles. The summed E-state index contributed by atoms with van der Waals surface area (Å²) in [5.41, 5.74) is 3.10. The number of amides is 1. The van der Waals surface area contributed by atoms with E-state index >= 15 is 0 Å². The Morgan fingerprint density at radius 1 is 1.22 bits per heavy atom. The summed E-state index contributed by atoms with van der Waals surface area (Å²) in [5, 5.41) is 6.09. The zero-order valence-corrected chi connectivity index (χ0v) is 15.3. The zero-order valence-electron chi connectivity index (χ0n) is 15.3. The van der Waals surface area contributed by atoms with Gasteiger partial charge >= 0.3 is 12.1 Å². The van der Waals surface area contributed by atoms with Gasteiger partial charge in [0, 0.05) is 23.7 Å². The summed E-state index contributed by atoms with van der Waals surface area (Å²) in [6, 6.07) is 5.64. The van der Waals surface area contributed by atoms with Crippen LogP contribution in [0.1, 0.15) is 43.9 Å². The monoisotopic (exact) mass is 386 g/mol. The fourth-order valence-electron chi connectivity index (χ4n) is 1.97. The molecule has 27 heavy (non-hydrogen) atoms. The van der Waals surface area contributed by atoms with Crippen LogP contribution in [-0.2, 0) is 11.0 Å². The average Bonchev–Trinajstić information content (AvgIpc) is 3.04. The van der Waals surface area contributed by atoms with Gasteiger partial charge in [0.1, 0.15) is 0 Å². The van der Waals surface area contributed by atoms with E-state index in [0.29, 0.717) is 17.7 Å². The van der Waals surface area contributed by atoms with Crippen molar-refractivity contribution in [1.82, 2.24) is 20.9 Å². The Hall–Kier alpha value is -2.46. The summed E-state index contributed by atoms with van der Waals surface area (Å²) in [6.07, 6.45) is -4.70. The summed E-state index contributed by atoms with van der Waals surface area (Å²) < 4.78 is 41.7. The van der Waals surface area contributed by atoms with Crippen LogP contribution in [0.3, 0.4) is 0 Å². The molecule has 2 N–H and O–H groups in total. The molecule has 2 rings (SSSR count). The molecule has 10 heteroatoms. The number of rotatable bonds is 6. The van der Waals surface area contributed by atoms with Gasteiger partial charge in [-0.2, -0.15) is 23.6 Å². The van der Waals surface area contributed by atoms with Crippen LogP contribution in [0.2, 0.25) is 0 Å². The standard InChI is InChI=1S/C17H21F3N4O3/c1-10(9-21-27-16(2,3)4)22-14(25)12-7-5-11(6-8-12)13-23-15(26-24-13)17(18,19)20/h5-8,10,21H,9H2,1-4H3,(H,22,25). The highest BCUT2D eigenvalue weighted by molar-refractivity contribution is 5.94. The second-order valence-electron chi connectivity index (χ2n) is 6.94. The minimum atomic E-state index is -4.70. The van der Waals surface area contributed by atoms with Crippen molar-refractivity contribution in [2.45, 2.75) is 45.5 Å². The number of carbonyl (C=O) groups is 1. The Morgan fingerprint density at radius 3 is 2.37 bits per heavy atom. The summed E-state index contributed by atoms with van der Waals surface area (Å²) in [7, 11) is 0. The van der Waals surface area contributed by atoms with E-state index in [9.17, 15) is 18.0 Å². The SMILES string of the molecule is CC(CNOC(C)(C)C)NC(=O)c1ccc(-c2noc(C(F)(F)F)n2)cc1. The maximum Gasteiger partial charge on any atom is 0.471 e. The predicted octanol–water partition coefficient (Wildman–Crippen LogP) is 3.19. The summed E-state index contributed by atoms with van der Waals surface area (Å²) in [5.74, 6) is -1.94. The zero-order chi connectivity index (χ0) is 20.2. The molecule has 2 aromatic rings. The van der Waals surface area contributed by atoms with Gasteiger partial charge in [0.05, 0.1) is 5.60 Å². The van der Waals surface area contributed by atoms with Gasteiger partial charge in [-0.05, 0) is 39.8 Å². The van der Waals surface area contributed by atoms with Gasteiger partial charge in [-0.15, -0.1) is 0 Å². The Bertz CT molecular complexity index is 767. The minimum Gasteiger partial charge on any atom is -0.348 e. The Balaban J connectivity index is 1.94. The summed E-state index contributed by atoms with van der Waals surface area (Å²) >= 11 is 0. The van der Waals surface area contributed by atoms with Crippen molar-refractivity contribution in [3.05, 3.63) is 35.7 Å². The van der Waals surface area contributed by atoms with E-state index in [1.54, 1.807) is 0 Å². The second kappa shape index (κ2) is 8.05. The number of nitrogens with zero attached hydrogens (tertiary/aromatic N) is 2. The molecule has 0 bridgehead atoms. The molecular weight excluding hydrogens is 365 g/mol. The molecule has 0 aliphatic rings. The molecule has 1 heterocycles. The Morgan fingerprint density at radius 2 is 1.85 bits per heavy atom. The van der Waals surface area contributed by atoms with Crippen LogP contribution in [0.15, 0.2) is 28.8 Å². The maximum atomic E-state index is 12.5. The van der Waals surface area contributed by atoms with Crippen molar-refractivity contribution in [2.75, 3.05) is 6.54 Å². The molecule has 1 amide bonds. The van der Waals surface area contributed by atoms with Crippen LogP contribution < -0.4 is 10.8 Å². The van der Waals surface area contributed by atoms with Crippen LogP contribution in [-0.4, -0.2) is 34.2 Å². The number of hydroxylamine groups is 1. The number of hydrogen-bond acceptors (Lipinski definition) is 6. The van der Waals surface area contributed by atoms with Crippen molar-refractivity contribution in [3.63, 3.8) is 0 Å². The molecule has 0 radical (unpaired) electrons. The van der Waals surface area contributed by atoms with E-state index in [-0.39, 0.29) is 23.4 Å². The van der Waals surface area contributed by atoms with Crippen LogP contribution in [0, 0.1) is 0 Å². The van der Waals surface area contributed by atoms with Crippen molar-refractivity contribution in [1.29, 1.82) is 0 Å². The largest absolute Gasteiger partial charge is 0.471 e. The lowest BCUT2D eigenvalue weighted by molar-refractivity contribution is -0.159. The molecule has 0 aliphatic carbocycles. The smallest absolute Gasteiger partial charge is 0.348 e. The molecular formula is C17H21F3N4O3. The number of hydrogen-bond donors (Lipinski definition) is 2. The van der Waals surface area contributed by atoms with Gasteiger partial charge in [0.15, 0.2) is 0 Å². The lowest BCUT2D eigenvalue weighted by Gasteiger charge is -2.21. The minimum absolute atomic E-state index is 0.203. The van der Waals surface area contributed by atoms with Gasteiger partial charge in [-0.3, -0.25) is 9.63 Å². The third-order valence-corrected chi connectivity index (χ3v) is 3.22. The van der Waals surface area contributed by atoms with Crippen LogP contribution in [0.25, 0.3) is 11.4 Å². The molecule has 148 valence electrons. The summed E-state index contributed by atoms with van der Waals surface area (Å²) in [6.45, 7) is 7.90. The number of carbonyl (C=O) groups excluding carboxylic acids is 1. The van der Waals surface area contributed by atoms with Crippen LogP contribution in [0.4, 0.5) is 13.2 Å². The van der Waals surface area contributed by atoms with E-state index in [1.165, 1.54) is 24.3 Å². The first kappa shape index (κ1) is 20.8. The Kier molecular flexibility index (Phi) is 6.22.